The topological polar surface area (TPSA) is 12.0 Å². The van der Waals surface area contributed by atoms with E-state index in [1.165, 1.54) is 17.5 Å². The smallest absolute Gasteiger partial charge is 0.00114 e. The summed E-state index contributed by atoms with van der Waals surface area (Å²) in [7, 11) is 2.00. The quantitative estimate of drug-likeness (QED) is 0.823. The van der Waals surface area contributed by atoms with Gasteiger partial charge in [-0.25, -0.2) is 0 Å². The van der Waals surface area contributed by atoms with Crippen LogP contribution in [-0.2, 0) is 11.8 Å². The molecule has 0 amide bonds. The van der Waals surface area contributed by atoms with Gasteiger partial charge in [0.2, 0.25) is 0 Å². The molecule has 1 aromatic rings. The lowest BCUT2D eigenvalue weighted by Crippen LogP contribution is -2.24. The number of rotatable bonds is 5. The summed E-state index contributed by atoms with van der Waals surface area (Å²) in [5.41, 5.74) is 3.49. The molecule has 0 saturated carbocycles. The van der Waals surface area contributed by atoms with Gasteiger partial charge in [0, 0.05) is 0 Å². The van der Waals surface area contributed by atoms with Crippen LogP contribution in [0.25, 0.3) is 0 Å². The molecule has 102 valence electrons. The first-order valence-corrected chi connectivity index (χ1v) is 6.99. The minimum Gasteiger partial charge on any atom is -0.319 e. The Labute approximate surface area is 113 Å². The molecule has 0 unspecified atom stereocenters. The average molecular weight is 247 g/mol. The first kappa shape index (κ1) is 15.2. The molecule has 1 aromatic carbocycles. The Hall–Kier alpha value is -0.820. The van der Waals surface area contributed by atoms with Crippen molar-refractivity contribution in [3.63, 3.8) is 0 Å². The van der Waals surface area contributed by atoms with Crippen molar-refractivity contribution >= 4 is 0 Å². The van der Waals surface area contributed by atoms with E-state index in [1.807, 2.05) is 7.05 Å². The molecule has 0 aliphatic carbocycles. The van der Waals surface area contributed by atoms with Gasteiger partial charge < -0.3 is 5.32 Å². The Bertz CT molecular complexity index is 354. The highest BCUT2D eigenvalue weighted by atomic mass is 14.8. The Morgan fingerprint density at radius 1 is 0.944 bits per heavy atom. The van der Waals surface area contributed by atoms with Gasteiger partial charge in [-0.05, 0) is 48.4 Å². The monoisotopic (exact) mass is 247 g/mol. The highest BCUT2D eigenvalue weighted by Crippen LogP contribution is 2.36. The van der Waals surface area contributed by atoms with Gasteiger partial charge in [-0.15, -0.1) is 0 Å². The summed E-state index contributed by atoms with van der Waals surface area (Å²) >= 11 is 0. The van der Waals surface area contributed by atoms with E-state index >= 15 is 0 Å². The lowest BCUT2D eigenvalue weighted by atomic mass is 9.72. The maximum Gasteiger partial charge on any atom is -0.00114 e. The molecule has 0 atom stereocenters. The number of likely N-dealkylation sites (N-methyl/N-ethyl adjacent to an activating group) is 1. The van der Waals surface area contributed by atoms with Gasteiger partial charge in [0.15, 0.2) is 0 Å². The summed E-state index contributed by atoms with van der Waals surface area (Å²) in [6.45, 7) is 12.7. The van der Waals surface area contributed by atoms with Crippen LogP contribution in [-0.4, -0.2) is 13.6 Å². The van der Waals surface area contributed by atoms with Crippen LogP contribution < -0.4 is 5.32 Å². The normalized spacial score (nSPS) is 12.8. The van der Waals surface area contributed by atoms with Crippen LogP contribution >= 0.6 is 0 Å². The highest BCUT2D eigenvalue weighted by Gasteiger charge is 2.26. The summed E-state index contributed by atoms with van der Waals surface area (Å²) in [5, 5.41) is 3.19. The van der Waals surface area contributed by atoms with Crippen LogP contribution in [0, 0.1) is 5.41 Å². The maximum absolute atomic E-state index is 3.19. The second-order valence-electron chi connectivity index (χ2n) is 7.17. The van der Waals surface area contributed by atoms with Crippen LogP contribution in [0.1, 0.15) is 52.2 Å². The van der Waals surface area contributed by atoms with E-state index < -0.39 is 0 Å². The number of hydrogen-bond donors (Lipinski definition) is 1. The molecule has 1 rings (SSSR count). The lowest BCUT2D eigenvalue weighted by Gasteiger charge is -2.33. The molecule has 1 nitrogen and oxygen atoms in total. The zero-order valence-corrected chi connectivity index (χ0v) is 12.9. The van der Waals surface area contributed by atoms with Crippen molar-refractivity contribution in [2.75, 3.05) is 13.6 Å². The highest BCUT2D eigenvalue weighted by molar-refractivity contribution is 5.28. The summed E-state index contributed by atoms with van der Waals surface area (Å²) in [4.78, 5) is 0. The van der Waals surface area contributed by atoms with E-state index in [0.717, 1.165) is 13.0 Å². The van der Waals surface area contributed by atoms with Gasteiger partial charge in [0.25, 0.3) is 0 Å². The zero-order chi connectivity index (χ0) is 13.8. The molecule has 1 heteroatoms. The Morgan fingerprint density at radius 2 is 1.50 bits per heavy atom. The standard InChI is InChI=1S/C17H29N/c1-16(2,3)13-17(4,5)15-9-7-14(8-10-15)11-12-18-6/h7-10,18H,11-13H2,1-6H3. The minimum atomic E-state index is 0.250. The molecule has 0 radical (unpaired) electrons. The molecule has 0 saturated heterocycles. The predicted molar refractivity (Wildman–Crippen MR) is 81.2 cm³/mol. The second-order valence-corrected chi connectivity index (χ2v) is 7.17. The third-order valence-electron chi connectivity index (χ3n) is 3.37. The Kier molecular flexibility index (Phi) is 4.98. The van der Waals surface area contributed by atoms with Crippen LogP contribution in [0.5, 0.6) is 0 Å². The van der Waals surface area contributed by atoms with Crippen molar-refractivity contribution in [3.8, 4) is 0 Å². The van der Waals surface area contributed by atoms with Gasteiger partial charge in [-0.3, -0.25) is 0 Å². The van der Waals surface area contributed by atoms with Gasteiger partial charge in [0.05, 0.1) is 0 Å². The van der Waals surface area contributed by atoms with E-state index in [-0.39, 0.29) is 5.41 Å². The average Bonchev–Trinajstić information content (AvgIpc) is 2.23. The van der Waals surface area contributed by atoms with Crippen molar-refractivity contribution in [2.24, 2.45) is 5.41 Å². The van der Waals surface area contributed by atoms with Crippen molar-refractivity contribution in [1.82, 2.24) is 5.32 Å². The van der Waals surface area contributed by atoms with Crippen LogP contribution in [0.3, 0.4) is 0 Å². The van der Waals surface area contributed by atoms with Gasteiger partial charge >= 0.3 is 0 Å². The first-order chi connectivity index (χ1) is 8.24. The van der Waals surface area contributed by atoms with E-state index in [4.69, 9.17) is 0 Å². The predicted octanol–water partition coefficient (Wildman–Crippen LogP) is 4.16. The lowest BCUT2D eigenvalue weighted by molar-refractivity contribution is 0.284. The van der Waals surface area contributed by atoms with Gasteiger partial charge in [0.1, 0.15) is 0 Å². The van der Waals surface area contributed by atoms with E-state index in [9.17, 15) is 0 Å². The van der Waals surface area contributed by atoms with Crippen LogP contribution in [0.2, 0.25) is 0 Å². The SMILES string of the molecule is CNCCc1ccc(C(C)(C)CC(C)(C)C)cc1. The molecule has 0 fully saturated rings. The van der Waals surface area contributed by atoms with E-state index in [0.29, 0.717) is 5.41 Å². The summed E-state index contributed by atoms with van der Waals surface area (Å²) in [6.07, 6.45) is 2.31. The van der Waals surface area contributed by atoms with E-state index in [1.54, 1.807) is 0 Å². The molecular weight excluding hydrogens is 218 g/mol. The van der Waals surface area contributed by atoms with Crippen molar-refractivity contribution in [1.29, 1.82) is 0 Å². The van der Waals surface area contributed by atoms with Crippen molar-refractivity contribution in [3.05, 3.63) is 35.4 Å². The largest absolute Gasteiger partial charge is 0.319 e. The Balaban J connectivity index is 2.77. The van der Waals surface area contributed by atoms with Crippen LogP contribution in [0.4, 0.5) is 0 Å². The number of nitrogens with one attached hydrogen (secondary N) is 1. The molecule has 0 spiro atoms. The first-order valence-electron chi connectivity index (χ1n) is 6.99. The maximum atomic E-state index is 3.19. The summed E-state index contributed by atoms with van der Waals surface area (Å²) in [6, 6.07) is 9.15. The third-order valence-corrected chi connectivity index (χ3v) is 3.37. The zero-order valence-electron chi connectivity index (χ0n) is 12.9. The van der Waals surface area contributed by atoms with Crippen molar-refractivity contribution in [2.45, 2.75) is 52.9 Å². The number of benzene rings is 1. The fraction of sp³-hybridized carbons (Fsp3) is 0.647. The van der Waals surface area contributed by atoms with Crippen molar-refractivity contribution < 1.29 is 0 Å². The van der Waals surface area contributed by atoms with Gasteiger partial charge in [-0.1, -0.05) is 58.9 Å². The summed E-state index contributed by atoms with van der Waals surface area (Å²) in [5.74, 6) is 0. The minimum absolute atomic E-state index is 0.250. The van der Waals surface area contributed by atoms with Gasteiger partial charge in [-0.2, -0.15) is 0 Å². The molecule has 18 heavy (non-hydrogen) atoms. The second kappa shape index (κ2) is 5.88. The summed E-state index contributed by atoms with van der Waals surface area (Å²) < 4.78 is 0. The number of hydrogen-bond acceptors (Lipinski definition) is 1. The fourth-order valence-corrected chi connectivity index (χ4v) is 2.82. The molecule has 0 aliphatic rings. The molecule has 0 aromatic heterocycles. The molecule has 0 bridgehead atoms. The fourth-order valence-electron chi connectivity index (χ4n) is 2.82. The third kappa shape index (κ3) is 4.81. The molecule has 0 aliphatic heterocycles. The van der Waals surface area contributed by atoms with Crippen LogP contribution in [0.15, 0.2) is 24.3 Å². The van der Waals surface area contributed by atoms with E-state index in [2.05, 4.69) is 64.2 Å². The Morgan fingerprint density at radius 3 is 1.94 bits per heavy atom. The molecule has 1 N–H and O–H groups in total. The molecular formula is C17H29N. The molecule has 0 heterocycles.